The minimum Gasteiger partial charge on any atom is -0.368 e. The van der Waals surface area contributed by atoms with E-state index in [0.29, 0.717) is 5.69 Å². The van der Waals surface area contributed by atoms with Crippen molar-refractivity contribution in [2.75, 3.05) is 0 Å². The van der Waals surface area contributed by atoms with Crippen molar-refractivity contribution in [1.82, 2.24) is 15.1 Å². The highest BCUT2D eigenvalue weighted by Crippen LogP contribution is 2.23. The topological polar surface area (TPSA) is 90.0 Å². The number of rotatable bonds is 7. The van der Waals surface area contributed by atoms with Gasteiger partial charge in [0.25, 0.3) is 5.91 Å². The fraction of sp³-hybridized carbons (Fsp3) is 0.550. The number of primary amides is 1. The highest BCUT2D eigenvalue weighted by atomic mass is 28.3. The van der Waals surface area contributed by atoms with Crippen LogP contribution < -0.4 is 11.1 Å². The van der Waals surface area contributed by atoms with Gasteiger partial charge in [-0.15, -0.1) is 0 Å². The first-order valence-electron chi connectivity index (χ1n) is 9.46. The van der Waals surface area contributed by atoms with Crippen LogP contribution in [0, 0.1) is 5.41 Å². The number of nitrogens with zero attached hydrogens (tertiary/aromatic N) is 2. The van der Waals surface area contributed by atoms with E-state index in [1.54, 1.807) is 0 Å². The van der Waals surface area contributed by atoms with Gasteiger partial charge in [-0.25, -0.2) is 0 Å². The van der Waals surface area contributed by atoms with Crippen molar-refractivity contribution in [3.05, 3.63) is 30.0 Å². The summed E-state index contributed by atoms with van der Waals surface area (Å²) in [5, 5.41) is 8.14. The molecule has 0 saturated carbocycles. The van der Waals surface area contributed by atoms with Gasteiger partial charge in [-0.2, -0.15) is 5.10 Å². The number of hydrogen-bond acceptors (Lipinski definition) is 3. The molecule has 0 bridgehead atoms. The fourth-order valence-corrected chi connectivity index (χ4v) is 4.36. The zero-order chi connectivity index (χ0) is 20.4. The molecule has 1 atom stereocenters. The summed E-state index contributed by atoms with van der Waals surface area (Å²) in [4.78, 5) is 24.7. The Balaban J connectivity index is 2.30. The number of hydrogen-bond donors (Lipinski definition) is 2. The second-order valence-electron chi connectivity index (χ2n) is 9.43. The summed E-state index contributed by atoms with van der Waals surface area (Å²) >= 11 is 0. The van der Waals surface area contributed by atoms with Crippen LogP contribution in [0.1, 0.15) is 37.7 Å². The van der Waals surface area contributed by atoms with Gasteiger partial charge in [-0.3, -0.25) is 14.3 Å². The van der Waals surface area contributed by atoms with Crippen molar-refractivity contribution in [2.24, 2.45) is 11.1 Å². The fourth-order valence-electron chi connectivity index (χ4n) is 3.14. The van der Waals surface area contributed by atoms with E-state index in [1.807, 2.05) is 49.7 Å². The number of carbonyl (C=O) groups is 2. The lowest BCUT2D eigenvalue weighted by atomic mass is 9.86. The summed E-state index contributed by atoms with van der Waals surface area (Å²) in [7, 11) is -1.12. The van der Waals surface area contributed by atoms with Crippen LogP contribution in [0.15, 0.2) is 24.3 Å². The van der Waals surface area contributed by atoms with E-state index in [0.717, 1.165) is 23.9 Å². The molecule has 2 rings (SSSR count). The Labute approximate surface area is 162 Å². The number of amides is 2. The Hall–Kier alpha value is -2.15. The molecule has 0 aliphatic carbocycles. The lowest BCUT2D eigenvalue weighted by Crippen LogP contribution is -2.52. The number of nitrogens with one attached hydrogen (secondary N) is 1. The minimum absolute atomic E-state index is 0.342. The number of para-hydroxylation sites is 1. The quantitative estimate of drug-likeness (QED) is 0.712. The van der Waals surface area contributed by atoms with Crippen LogP contribution in [0.4, 0.5) is 0 Å². The van der Waals surface area contributed by atoms with Gasteiger partial charge in [0.15, 0.2) is 5.69 Å². The van der Waals surface area contributed by atoms with Gasteiger partial charge in [0.2, 0.25) is 5.91 Å². The second-order valence-corrected chi connectivity index (χ2v) is 15.0. The molecule has 3 N–H and O–H groups in total. The molecule has 0 fully saturated rings. The molecule has 2 aromatic rings. The first kappa shape index (κ1) is 21.2. The van der Waals surface area contributed by atoms with Gasteiger partial charge >= 0.3 is 0 Å². The first-order valence-corrected chi connectivity index (χ1v) is 13.2. The Kier molecular flexibility index (Phi) is 6.14. The van der Waals surface area contributed by atoms with Gasteiger partial charge < -0.3 is 11.1 Å². The normalized spacial score (nSPS) is 13.6. The molecule has 1 aromatic carbocycles. The molecule has 0 spiro atoms. The molecule has 148 valence electrons. The zero-order valence-corrected chi connectivity index (χ0v) is 18.3. The monoisotopic (exact) mass is 388 g/mol. The van der Waals surface area contributed by atoms with Gasteiger partial charge in [-0.05, 0) is 17.9 Å². The van der Waals surface area contributed by atoms with Crippen LogP contribution in [0.25, 0.3) is 10.9 Å². The number of carbonyl (C=O) groups excluding carboxylic acids is 2. The summed E-state index contributed by atoms with van der Waals surface area (Å²) in [5.74, 6) is -0.913. The van der Waals surface area contributed by atoms with E-state index in [4.69, 9.17) is 5.73 Å². The lowest BCUT2D eigenvalue weighted by molar-refractivity contribution is -0.122. The van der Waals surface area contributed by atoms with Crippen molar-refractivity contribution in [3.63, 3.8) is 0 Å². The largest absolute Gasteiger partial charge is 0.368 e. The maximum Gasteiger partial charge on any atom is 0.273 e. The Morgan fingerprint density at radius 3 is 2.41 bits per heavy atom. The van der Waals surface area contributed by atoms with Crippen LogP contribution in [0.2, 0.25) is 25.7 Å². The van der Waals surface area contributed by atoms with E-state index in [1.165, 1.54) is 6.04 Å². The average Bonchev–Trinajstić information content (AvgIpc) is 2.89. The van der Waals surface area contributed by atoms with E-state index in [-0.39, 0.29) is 5.91 Å². The van der Waals surface area contributed by atoms with Crippen LogP contribution in [-0.4, -0.2) is 35.7 Å². The molecule has 0 aliphatic rings. The zero-order valence-electron chi connectivity index (χ0n) is 17.3. The Bertz CT molecular complexity index is 831. The third kappa shape index (κ3) is 5.41. The van der Waals surface area contributed by atoms with Crippen molar-refractivity contribution in [1.29, 1.82) is 0 Å². The molecule has 7 heteroatoms. The van der Waals surface area contributed by atoms with Crippen LogP contribution in [-0.2, 0) is 11.3 Å². The van der Waals surface area contributed by atoms with E-state index in [2.05, 4.69) is 30.1 Å². The highest BCUT2D eigenvalue weighted by molar-refractivity contribution is 6.76. The third-order valence-corrected chi connectivity index (χ3v) is 6.45. The minimum atomic E-state index is -1.12. The second kappa shape index (κ2) is 7.84. The number of aromatic nitrogens is 2. The number of aryl methyl sites for hydroxylation is 1. The Morgan fingerprint density at radius 2 is 1.85 bits per heavy atom. The smallest absolute Gasteiger partial charge is 0.273 e. The summed E-state index contributed by atoms with van der Waals surface area (Å²) < 4.78 is 1.90. The molecular weight excluding hydrogens is 356 g/mol. The maximum atomic E-state index is 12.9. The molecule has 6 nitrogen and oxygen atoms in total. The summed E-state index contributed by atoms with van der Waals surface area (Å²) in [6.07, 6.45) is 1.04. The molecule has 2 amide bonds. The van der Waals surface area contributed by atoms with Gasteiger partial charge in [0.1, 0.15) is 6.04 Å². The molecule has 27 heavy (non-hydrogen) atoms. The van der Waals surface area contributed by atoms with Crippen molar-refractivity contribution in [3.8, 4) is 0 Å². The van der Waals surface area contributed by atoms with E-state index >= 15 is 0 Å². The summed E-state index contributed by atoms with van der Waals surface area (Å²) in [5.41, 5.74) is 6.30. The van der Waals surface area contributed by atoms with Crippen LogP contribution in [0.3, 0.4) is 0 Å². The number of fused-ring (bicyclic) bond motifs is 1. The highest BCUT2D eigenvalue weighted by Gasteiger charge is 2.32. The first-order chi connectivity index (χ1) is 12.4. The van der Waals surface area contributed by atoms with Crippen LogP contribution in [0.5, 0.6) is 0 Å². The molecule has 1 heterocycles. The molecule has 0 saturated heterocycles. The lowest BCUT2D eigenvalue weighted by Gasteiger charge is -2.28. The predicted octanol–water partition coefficient (Wildman–Crippen LogP) is 3.39. The third-order valence-electron chi connectivity index (χ3n) is 4.60. The van der Waals surface area contributed by atoms with Gasteiger partial charge in [0.05, 0.1) is 5.52 Å². The van der Waals surface area contributed by atoms with E-state index < -0.39 is 25.4 Å². The van der Waals surface area contributed by atoms with Gasteiger partial charge in [-0.1, -0.05) is 64.7 Å². The van der Waals surface area contributed by atoms with Gasteiger partial charge in [0, 0.05) is 20.0 Å². The summed E-state index contributed by atoms with van der Waals surface area (Å²) in [6, 6.07) is 8.15. The number of benzene rings is 1. The van der Waals surface area contributed by atoms with Crippen molar-refractivity contribution in [2.45, 2.75) is 65.5 Å². The molecule has 0 aliphatic heterocycles. The van der Waals surface area contributed by atoms with Crippen molar-refractivity contribution < 1.29 is 9.59 Å². The molecular formula is C20H32N4O2Si. The Morgan fingerprint density at radius 1 is 1.22 bits per heavy atom. The molecule has 0 radical (unpaired) electrons. The average molecular weight is 389 g/mol. The summed E-state index contributed by atoms with van der Waals surface area (Å²) in [6.45, 7) is 13.4. The molecule has 0 unspecified atom stereocenters. The SMILES string of the molecule is CC(C)(C)[C@H](NC(=O)c1nn(CCC[Si](C)(C)C)c2ccccc12)C(N)=O. The van der Waals surface area contributed by atoms with E-state index in [9.17, 15) is 9.59 Å². The predicted molar refractivity (Wildman–Crippen MR) is 112 cm³/mol. The molecule has 1 aromatic heterocycles. The standard InChI is InChI=1S/C20H32N4O2Si/c1-20(2,3)17(18(21)25)22-19(26)16-14-10-7-8-11-15(14)24(23-16)12-9-13-27(4,5)6/h7-8,10-11,17H,9,12-13H2,1-6H3,(H2,21,25)(H,22,26)/t17-/m1/s1. The maximum absolute atomic E-state index is 12.9. The van der Waals surface area contributed by atoms with Crippen molar-refractivity contribution >= 4 is 30.8 Å². The van der Waals surface area contributed by atoms with Crippen LogP contribution >= 0.6 is 0 Å². The number of nitrogens with two attached hydrogens (primary N) is 1.